The molecule has 0 atom stereocenters. The molecule has 1 heterocycles. The molecule has 1 N–H and O–H groups in total. The number of aromatic amines is 1. The standard InChI is InChI=1S/C12H10FNO2/c1-16-10-6-2-4-8(13)12(10)9-5-3-7-11(15)14-9/h2-7H,1H3,(H,14,15). The summed E-state index contributed by atoms with van der Waals surface area (Å²) in [5.74, 6) is -0.0388. The molecule has 4 heteroatoms. The Kier molecular flexibility index (Phi) is 2.72. The molecule has 0 bridgehead atoms. The lowest BCUT2D eigenvalue weighted by atomic mass is 10.1. The van der Waals surface area contributed by atoms with E-state index >= 15 is 0 Å². The van der Waals surface area contributed by atoms with Crippen LogP contribution >= 0.6 is 0 Å². The van der Waals surface area contributed by atoms with Crippen LogP contribution in [0.5, 0.6) is 5.75 Å². The average Bonchev–Trinajstić information content (AvgIpc) is 2.28. The SMILES string of the molecule is COc1cccc(F)c1-c1cccc(=O)[nH]1. The van der Waals surface area contributed by atoms with Crippen molar-refractivity contribution in [1.82, 2.24) is 4.98 Å². The van der Waals surface area contributed by atoms with Crippen LogP contribution in [-0.4, -0.2) is 12.1 Å². The van der Waals surface area contributed by atoms with Crippen LogP contribution in [0.15, 0.2) is 41.2 Å². The molecule has 1 aromatic carbocycles. The molecular formula is C12H10FNO2. The molecule has 0 spiro atoms. The Morgan fingerprint density at radius 2 is 1.94 bits per heavy atom. The lowest BCUT2D eigenvalue weighted by Gasteiger charge is -2.08. The van der Waals surface area contributed by atoms with Gasteiger partial charge in [-0.25, -0.2) is 4.39 Å². The molecule has 1 aromatic heterocycles. The number of hydrogen-bond acceptors (Lipinski definition) is 2. The highest BCUT2D eigenvalue weighted by molar-refractivity contribution is 5.67. The molecule has 0 aliphatic rings. The highest BCUT2D eigenvalue weighted by Gasteiger charge is 2.11. The summed E-state index contributed by atoms with van der Waals surface area (Å²) in [6, 6.07) is 9.09. The van der Waals surface area contributed by atoms with Crippen LogP contribution in [0.3, 0.4) is 0 Å². The van der Waals surface area contributed by atoms with Crippen LogP contribution in [0.2, 0.25) is 0 Å². The maximum Gasteiger partial charge on any atom is 0.248 e. The molecule has 3 nitrogen and oxygen atoms in total. The van der Waals surface area contributed by atoms with Crippen molar-refractivity contribution >= 4 is 0 Å². The zero-order valence-electron chi connectivity index (χ0n) is 8.66. The number of H-pyrrole nitrogens is 1. The summed E-state index contributed by atoms with van der Waals surface area (Å²) < 4.78 is 18.7. The summed E-state index contributed by atoms with van der Waals surface area (Å²) in [5.41, 5.74) is 0.396. The zero-order valence-corrected chi connectivity index (χ0v) is 8.66. The summed E-state index contributed by atoms with van der Waals surface area (Å²) in [7, 11) is 1.46. The number of hydrogen-bond donors (Lipinski definition) is 1. The van der Waals surface area contributed by atoms with Crippen molar-refractivity contribution in [1.29, 1.82) is 0 Å². The van der Waals surface area contributed by atoms with Gasteiger partial charge in [-0.1, -0.05) is 12.1 Å². The van der Waals surface area contributed by atoms with Crippen LogP contribution in [0.1, 0.15) is 0 Å². The normalized spacial score (nSPS) is 10.1. The summed E-state index contributed by atoms with van der Waals surface area (Å²) in [5, 5.41) is 0. The zero-order chi connectivity index (χ0) is 11.5. The second kappa shape index (κ2) is 4.18. The number of methoxy groups -OCH3 is 1. The van der Waals surface area contributed by atoms with Crippen molar-refractivity contribution in [2.75, 3.05) is 7.11 Å². The Morgan fingerprint density at radius 3 is 2.62 bits per heavy atom. The van der Waals surface area contributed by atoms with Crippen LogP contribution in [0, 0.1) is 5.82 Å². The molecule has 0 aliphatic carbocycles. The van der Waals surface area contributed by atoms with E-state index in [4.69, 9.17) is 4.74 Å². The molecule has 16 heavy (non-hydrogen) atoms. The quantitative estimate of drug-likeness (QED) is 0.841. The molecule has 0 radical (unpaired) electrons. The maximum atomic E-state index is 13.7. The van der Waals surface area contributed by atoms with E-state index in [9.17, 15) is 9.18 Å². The van der Waals surface area contributed by atoms with Crippen molar-refractivity contribution in [3.05, 3.63) is 52.6 Å². The molecule has 82 valence electrons. The van der Waals surface area contributed by atoms with E-state index in [0.29, 0.717) is 11.4 Å². The van der Waals surface area contributed by atoms with Gasteiger partial charge in [0.25, 0.3) is 0 Å². The fraction of sp³-hybridized carbons (Fsp3) is 0.0833. The summed E-state index contributed by atoms with van der Waals surface area (Å²) in [6.07, 6.45) is 0. The van der Waals surface area contributed by atoms with E-state index in [1.807, 2.05) is 0 Å². The number of benzene rings is 1. The largest absolute Gasteiger partial charge is 0.496 e. The maximum absolute atomic E-state index is 13.7. The first-order valence-corrected chi connectivity index (χ1v) is 4.74. The number of rotatable bonds is 2. The third-order valence-corrected chi connectivity index (χ3v) is 2.23. The molecule has 0 saturated heterocycles. The number of halogens is 1. The van der Waals surface area contributed by atoms with E-state index in [2.05, 4.69) is 4.98 Å². The van der Waals surface area contributed by atoms with Crippen molar-refractivity contribution in [3.63, 3.8) is 0 Å². The van der Waals surface area contributed by atoms with Crippen molar-refractivity contribution in [2.24, 2.45) is 0 Å². The highest BCUT2D eigenvalue weighted by Crippen LogP contribution is 2.30. The predicted octanol–water partition coefficient (Wildman–Crippen LogP) is 2.19. The van der Waals surface area contributed by atoms with Gasteiger partial charge in [-0.3, -0.25) is 4.79 Å². The topological polar surface area (TPSA) is 42.1 Å². The Bertz CT molecular complexity index is 563. The van der Waals surface area contributed by atoms with Crippen LogP contribution < -0.4 is 10.3 Å². The minimum atomic E-state index is -0.429. The lowest BCUT2D eigenvalue weighted by Crippen LogP contribution is -2.05. The molecule has 0 amide bonds. The Balaban J connectivity index is 2.67. The van der Waals surface area contributed by atoms with Crippen molar-refractivity contribution in [2.45, 2.75) is 0 Å². The molecular weight excluding hydrogens is 209 g/mol. The van der Waals surface area contributed by atoms with Crippen LogP contribution in [-0.2, 0) is 0 Å². The van der Waals surface area contributed by atoms with Crippen molar-refractivity contribution < 1.29 is 9.13 Å². The smallest absolute Gasteiger partial charge is 0.248 e. The van der Waals surface area contributed by atoms with E-state index in [1.54, 1.807) is 24.3 Å². The van der Waals surface area contributed by atoms with Crippen LogP contribution in [0.4, 0.5) is 4.39 Å². The first kappa shape index (κ1) is 10.4. The van der Waals surface area contributed by atoms with Gasteiger partial charge in [0, 0.05) is 6.07 Å². The number of nitrogens with one attached hydrogen (secondary N) is 1. The van der Waals surface area contributed by atoms with Gasteiger partial charge in [0.1, 0.15) is 11.6 Å². The number of pyridine rings is 1. The molecule has 0 unspecified atom stereocenters. The van der Waals surface area contributed by atoms with Crippen molar-refractivity contribution in [3.8, 4) is 17.0 Å². The van der Waals surface area contributed by atoms with Gasteiger partial charge in [-0.2, -0.15) is 0 Å². The molecule has 2 aromatic rings. The Labute approximate surface area is 91.5 Å². The van der Waals surface area contributed by atoms with E-state index in [0.717, 1.165) is 0 Å². The highest BCUT2D eigenvalue weighted by atomic mass is 19.1. The molecule has 0 saturated carbocycles. The van der Waals surface area contributed by atoms with E-state index in [-0.39, 0.29) is 11.1 Å². The van der Waals surface area contributed by atoms with Crippen LogP contribution in [0.25, 0.3) is 11.3 Å². The fourth-order valence-electron chi connectivity index (χ4n) is 1.53. The summed E-state index contributed by atoms with van der Waals surface area (Å²) >= 11 is 0. The van der Waals surface area contributed by atoms with Gasteiger partial charge >= 0.3 is 0 Å². The Morgan fingerprint density at radius 1 is 1.19 bits per heavy atom. The van der Waals surface area contributed by atoms with Gasteiger partial charge in [0.05, 0.1) is 18.4 Å². The monoisotopic (exact) mass is 219 g/mol. The first-order chi connectivity index (χ1) is 7.72. The van der Waals surface area contributed by atoms with Gasteiger partial charge < -0.3 is 9.72 Å². The average molecular weight is 219 g/mol. The summed E-state index contributed by atoms with van der Waals surface area (Å²) in [6.45, 7) is 0. The van der Waals surface area contributed by atoms with E-state index < -0.39 is 5.82 Å². The third kappa shape index (κ3) is 1.82. The summed E-state index contributed by atoms with van der Waals surface area (Å²) in [4.78, 5) is 13.7. The van der Waals surface area contributed by atoms with E-state index in [1.165, 1.54) is 19.2 Å². The lowest BCUT2D eigenvalue weighted by molar-refractivity contribution is 0.413. The number of aromatic nitrogens is 1. The molecule has 0 fully saturated rings. The number of ether oxygens (including phenoxy) is 1. The minimum absolute atomic E-state index is 0.266. The Hall–Kier alpha value is -2.10. The fourth-order valence-corrected chi connectivity index (χ4v) is 1.53. The minimum Gasteiger partial charge on any atom is -0.496 e. The second-order valence-electron chi connectivity index (χ2n) is 3.25. The van der Waals surface area contributed by atoms with Gasteiger partial charge in [-0.05, 0) is 18.2 Å². The van der Waals surface area contributed by atoms with Gasteiger partial charge in [0.15, 0.2) is 0 Å². The van der Waals surface area contributed by atoms with Gasteiger partial charge in [-0.15, -0.1) is 0 Å². The van der Waals surface area contributed by atoms with Gasteiger partial charge in [0.2, 0.25) is 5.56 Å². The second-order valence-corrected chi connectivity index (χ2v) is 3.25. The first-order valence-electron chi connectivity index (χ1n) is 4.74. The predicted molar refractivity (Wildman–Crippen MR) is 59.0 cm³/mol. The molecule has 0 aliphatic heterocycles. The third-order valence-electron chi connectivity index (χ3n) is 2.23. The molecule has 2 rings (SSSR count).